The van der Waals surface area contributed by atoms with E-state index in [-0.39, 0.29) is 24.2 Å². The van der Waals surface area contributed by atoms with E-state index in [2.05, 4.69) is 5.32 Å². The highest BCUT2D eigenvalue weighted by atomic mass is 19.1. The van der Waals surface area contributed by atoms with Crippen LogP contribution in [0.2, 0.25) is 0 Å². The first-order chi connectivity index (χ1) is 9.00. The lowest BCUT2D eigenvalue weighted by atomic mass is 9.99. The fourth-order valence-electron chi connectivity index (χ4n) is 2.07. The van der Waals surface area contributed by atoms with Crippen LogP contribution in [0.3, 0.4) is 0 Å². The SMILES string of the molecule is CC(C)C(=O)NC1CCOc2c(F)cccc2C1O. The van der Waals surface area contributed by atoms with Crippen LogP contribution in [0.25, 0.3) is 0 Å². The Hall–Kier alpha value is -1.62. The molecule has 2 unspecified atom stereocenters. The van der Waals surface area contributed by atoms with Gasteiger partial charge in [0.1, 0.15) is 6.10 Å². The number of hydrogen-bond acceptors (Lipinski definition) is 3. The average Bonchev–Trinajstić information content (AvgIpc) is 2.52. The van der Waals surface area contributed by atoms with Crippen LogP contribution < -0.4 is 10.1 Å². The third-order valence-electron chi connectivity index (χ3n) is 3.22. The Morgan fingerprint density at radius 1 is 1.53 bits per heavy atom. The minimum atomic E-state index is -0.962. The molecule has 2 rings (SSSR count). The largest absolute Gasteiger partial charge is 0.490 e. The predicted octanol–water partition coefficient (Wildman–Crippen LogP) is 1.78. The van der Waals surface area contributed by atoms with Gasteiger partial charge in [-0.25, -0.2) is 4.39 Å². The van der Waals surface area contributed by atoms with Gasteiger partial charge in [-0.15, -0.1) is 0 Å². The number of carbonyl (C=O) groups excluding carboxylic acids is 1. The molecule has 1 aliphatic heterocycles. The number of halogens is 1. The quantitative estimate of drug-likeness (QED) is 0.858. The van der Waals surface area contributed by atoms with Gasteiger partial charge in [0, 0.05) is 17.9 Å². The van der Waals surface area contributed by atoms with E-state index in [1.807, 2.05) is 0 Å². The van der Waals surface area contributed by atoms with Crippen LogP contribution in [-0.4, -0.2) is 23.7 Å². The molecule has 19 heavy (non-hydrogen) atoms. The molecule has 0 fully saturated rings. The number of fused-ring (bicyclic) bond motifs is 1. The molecule has 0 aromatic heterocycles. The van der Waals surface area contributed by atoms with Gasteiger partial charge in [0.2, 0.25) is 5.91 Å². The molecule has 1 aliphatic rings. The number of nitrogens with one attached hydrogen (secondary N) is 1. The smallest absolute Gasteiger partial charge is 0.222 e. The molecule has 2 atom stereocenters. The monoisotopic (exact) mass is 267 g/mol. The maximum atomic E-state index is 13.6. The Morgan fingerprint density at radius 3 is 2.95 bits per heavy atom. The first-order valence-corrected chi connectivity index (χ1v) is 6.40. The van der Waals surface area contributed by atoms with Crippen molar-refractivity contribution in [1.82, 2.24) is 5.32 Å². The summed E-state index contributed by atoms with van der Waals surface area (Å²) in [6, 6.07) is 3.97. The molecule has 0 spiro atoms. The van der Waals surface area contributed by atoms with Crippen molar-refractivity contribution in [2.75, 3.05) is 6.61 Å². The second-order valence-corrected chi connectivity index (χ2v) is 5.01. The molecule has 2 N–H and O–H groups in total. The van der Waals surface area contributed by atoms with Crippen LogP contribution in [0.4, 0.5) is 4.39 Å². The summed E-state index contributed by atoms with van der Waals surface area (Å²) in [6.07, 6.45) is -0.524. The van der Waals surface area contributed by atoms with E-state index in [4.69, 9.17) is 4.74 Å². The number of rotatable bonds is 2. The van der Waals surface area contributed by atoms with Gasteiger partial charge in [-0.05, 0) is 6.07 Å². The molecule has 104 valence electrons. The van der Waals surface area contributed by atoms with Crippen LogP contribution in [-0.2, 0) is 4.79 Å². The van der Waals surface area contributed by atoms with Crippen molar-refractivity contribution in [3.05, 3.63) is 29.6 Å². The Balaban J connectivity index is 2.24. The number of amides is 1. The van der Waals surface area contributed by atoms with E-state index in [1.54, 1.807) is 19.9 Å². The number of ether oxygens (including phenoxy) is 1. The highest BCUT2D eigenvalue weighted by Crippen LogP contribution is 2.33. The molecule has 0 bridgehead atoms. The number of para-hydroxylation sites is 1. The molecule has 1 heterocycles. The Kier molecular flexibility index (Phi) is 4.04. The Labute approximate surface area is 111 Å². The summed E-state index contributed by atoms with van der Waals surface area (Å²) in [7, 11) is 0. The fourth-order valence-corrected chi connectivity index (χ4v) is 2.07. The maximum Gasteiger partial charge on any atom is 0.222 e. The molecular formula is C14H18FNO3. The van der Waals surface area contributed by atoms with Gasteiger partial charge < -0.3 is 15.2 Å². The molecule has 4 nitrogen and oxygen atoms in total. The van der Waals surface area contributed by atoms with Crippen LogP contribution >= 0.6 is 0 Å². The van der Waals surface area contributed by atoms with E-state index in [0.29, 0.717) is 12.0 Å². The number of aliphatic hydroxyl groups is 1. The average molecular weight is 267 g/mol. The van der Waals surface area contributed by atoms with Crippen molar-refractivity contribution in [2.45, 2.75) is 32.4 Å². The van der Waals surface area contributed by atoms with Crippen molar-refractivity contribution in [3.8, 4) is 5.75 Å². The van der Waals surface area contributed by atoms with Crippen molar-refractivity contribution in [1.29, 1.82) is 0 Å². The molecule has 0 radical (unpaired) electrons. The van der Waals surface area contributed by atoms with Crippen LogP contribution in [0.5, 0.6) is 5.75 Å². The fraction of sp³-hybridized carbons (Fsp3) is 0.500. The van der Waals surface area contributed by atoms with E-state index in [1.165, 1.54) is 12.1 Å². The second-order valence-electron chi connectivity index (χ2n) is 5.01. The summed E-state index contributed by atoms with van der Waals surface area (Å²) < 4.78 is 19.0. The highest BCUT2D eigenvalue weighted by molar-refractivity contribution is 5.78. The van der Waals surface area contributed by atoms with Gasteiger partial charge in [0.25, 0.3) is 0 Å². The van der Waals surface area contributed by atoms with Crippen molar-refractivity contribution < 1.29 is 19.0 Å². The van der Waals surface area contributed by atoms with Gasteiger partial charge >= 0.3 is 0 Å². The molecule has 0 aliphatic carbocycles. The van der Waals surface area contributed by atoms with Crippen LogP contribution in [0.15, 0.2) is 18.2 Å². The normalized spacial score (nSPS) is 22.4. The first kappa shape index (κ1) is 13.8. The summed E-state index contributed by atoms with van der Waals surface area (Å²) in [5.41, 5.74) is 0.381. The van der Waals surface area contributed by atoms with Crippen molar-refractivity contribution >= 4 is 5.91 Å². The van der Waals surface area contributed by atoms with E-state index in [9.17, 15) is 14.3 Å². The molecule has 0 saturated heterocycles. The van der Waals surface area contributed by atoms with Crippen molar-refractivity contribution in [2.24, 2.45) is 5.92 Å². The number of hydrogen-bond donors (Lipinski definition) is 2. The topological polar surface area (TPSA) is 58.6 Å². The summed E-state index contributed by atoms with van der Waals surface area (Å²) in [6.45, 7) is 3.82. The Bertz CT molecular complexity index is 476. The van der Waals surface area contributed by atoms with E-state index >= 15 is 0 Å². The lowest BCUT2D eigenvalue weighted by molar-refractivity contribution is -0.125. The van der Waals surface area contributed by atoms with Gasteiger partial charge in [-0.1, -0.05) is 26.0 Å². The van der Waals surface area contributed by atoms with Gasteiger partial charge in [0.05, 0.1) is 12.6 Å². The van der Waals surface area contributed by atoms with Crippen LogP contribution in [0, 0.1) is 11.7 Å². The molecule has 1 aromatic carbocycles. The third-order valence-corrected chi connectivity index (χ3v) is 3.22. The second kappa shape index (κ2) is 5.57. The predicted molar refractivity (Wildman–Crippen MR) is 68.2 cm³/mol. The zero-order chi connectivity index (χ0) is 14.0. The minimum absolute atomic E-state index is 0.0799. The number of benzene rings is 1. The minimum Gasteiger partial charge on any atom is -0.490 e. The lowest BCUT2D eigenvalue weighted by Crippen LogP contribution is -2.41. The molecule has 0 saturated carbocycles. The lowest BCUT2D eigenvalue weighted by Gasteiger charge is -2.23. The standard InChI is InChI=1S/C14H18FNO3/c1-8(2)14(18)16-11-6-7-19-13-9(12(11)17)4-3-5-10(13)15/h3-5,8,11-12,17H,6-7H2,1-2H3,(H,16,18). The van der Waals surface area contributed by atoms with Crippen LogP contribution in [0.1, 0.15) is 31.9 Å². The first-order valence-electron chi connectivity index (χ1n) is 6.40. The van der Waals surface area contributed by atoms with E-state index < -0.39 is 18.0 Å². The summed E-state index contributed by atoms with van der Waals surface area (Å²) >= 11 is 0. The highest BCUT2D eigenvalue weighted by Gasteiger charge is 2.30. The number of carbonyl (C=O) groups is 1. The number of aliphatic hydroxyl groups excluding tert-OH is 1. The zero-order valence-electron chi connectivity index (χ0n) is 11.0. The Morgan fingerprint density at radius 2 is 2.26 bits per heavy atom. The van der Waals surface area contributed by atoms with Gasteiger partial charge in [-0.2, -0.15) is 0 Å². The summed E-state index contributed by atoms with van der Waals surface area (Å²) in [5.74, 6) is -0.712. The maximum absolute atomic E-state index is 13.6. The zero-order valence-corrected chi connectivity index (χ0v) is 11.0. The van der Waals surface area contributed by atoms with Gasteiger partial charge in [-0.3, -0.25) is 4.79 Å². The summed E-state index contributed by atoms with van der Waals surface area (Å²) in [5, 5.41) is 13.1. The molecule has 1 amide bonds. The molecular weight excluding hydrogens is 249 g/mol. The molecule has 1 aromatic rings. The third kappa shape index (κ3) is 2.87. The summed E-state index contributed by atoms with van der Waals surface area (Å²) in [4.78, 5) is 11.7. The van der Waals surface area contributed by atoms with Gasteiger partial charge in [0.15, 0.2) is 11.6 Å². The molecule has 5 heteroatoms. The van der Waals surface area contributed by atoms with E-state index in [0.717, 1.165) is 0 Å². The van der Waals surface area contributed by atoms with Crippen molar-refractivity contribution in [3.63, 3.8) is 0 Å².